The van der Waals surface area contributed by atoms with E-state index in [2.05, 4.69) is 30.5 Å². The van der Waals surface area contributed by atoms with Crippen LogP contribution in [0.4, 0.5) is 10.1 Å². The number of pyridine rings is 3. The van der Waals surface area contributed by atoms with Crippen molar-refractivity contribution in [3.05, 3.63) is 72.9 Å². The number of aromatic amines is 2. The number of fused-ring (bicyclic) bond motifs is 2. The molecule has 1 saturated carbocycles. The molecule has 1 aliphatic carbocycles. The van der Waals surface area contributed by atoms with Gasteiger partial charge in [0, 0.05) is 29.9 Å². The Balaban J connectivity index is 1.19. The highest BCUT2D eigenvalue weighted by Crippen LogP contribution is 2.32. The third-order valence-electron chi connectivity index (χ3n) is 7.67. The summed E-state index contributed by atoms with van der Waals surface area (Å²) < 4.78 is 13.9. The summed E-state index contributed by atoms with van der Waals surface area (Å²) in [5.74, 6) is 0.657. The van der Waals surface area contributed by atoms with Gasteiger partial charge in [0.2, 0.25) is 5.91 Å². The molecule has 10 heteroatoms. The van der Waals surface area contributed by atoms with Gasteiger partial charge in [-0.3, -0.25) is 14.9 Å². The average molecular weight is 547 g/mol. The van der Waals surface area contributed by atoms with Crippen molar-refractivity contribution in [1.29, 1.82) is 0 Å². The Labute approximate surface area is 234 Å². The molecular formula is C31H27FN8O. The van der Waals surface area contributed by atoms with Crippen LogP contribution >= 0.6 is 0 Å². The number of amides is 1. The number of hydrogen-bond donors (Lipinski definition) is 3. The lowest BCUT2D eigenvalue weighted by molar-refractivity contribution is -0.117. The van der Waals surface area contributed by atoms with E-state index in [9.17, 15) is 9.18 Å². The molecule has 1 fully saturated rings. The summed E-state index contributed by atoms with van der Waals surface area (Å²) in [6.45, 7) is 0. The summed E-state index contributed by atoms with van der Waals surface area (Å²) in [4.78, 5) is 34.4. The quantitative estimate of drug-likeness (QED) is 0.214. The van der Waals surface area contributed by atoms with E-state index in [1.165, 1.54) is 31.4 Å². The summed E-state index contributed by atoms with van der Waals surface area (Å²) in [5, 5.41) is 10.5. The van der Waals surface area contributed by atoms with Crippen LogP contribution in [0.25, 0.3) is 56.1 Å². The van der Waals surface area contributed by atoms with Crippen molar-refractivity contribution < 1.29 is 9.18 Å². The average Bonchev–Trinajstić information content (AvgIpc) is 3.61. The molecule has 5 aromatic heterocycles. The monoisotopic (exact) mass is 546 g/mol. The van der Waals surface area contributed by atoms with Gasteiger partial charge in [0.15, 0.2) is 17.2 Å². The lowest BCUT2D eigenvalue weighted by Gasteiger charge is -2.20. The van der Waals surface area contributed by atoms with Crippen molar-refractivity contribution >= 4 is 33.8 Å². The maximum atomic E-state index is 13.9. The van der Waals surface area contributed by atoms with Crippen molar-refractivity contribution in [3.8, 4) is 33.9 Å². The van der Waals surface area contributed by atoms with Crippen LogP contribution in [0.15, 0.2) is 67.1 Å². The van der Waals surface area contributed by atoms with Crippen LogP contribution in [0.1, 0.15) is 38.5 Å². The van der Waals surface area contributed by atoms with E-state index in [4.69, 9.17) is 9.97 Å². The van der Waals surface area contributed by atoms with Crippen LogP contribution in [0, 0.1) is 11.7 Å². The van der Waals surface area contributed by atoms with E-state index in [1.54, 1.807) is 24.7 Å². The first-order valence-corrected chi connectivity index (χ1v) is 13.8. The van der Waals surface area contributed by atoms with E-state index in [1.807, 2.05) is 30.3 Å². The van der Waals surface area contributed by atoms with Gasteiger partial charge in [-0.1, -0.05) is 31.4 Å². The maximum Gasteiger partial charge on any atom is 0.224 e. The highest BCUT2D eigenvalue weighted by Gasteiger charge is 2.19. The molecule has 0 atom stereocenters. The number of H-pyrrole nitrogens is 2. The molecule has 1 aromatic carbocycles. The number of nitrogens with one attached hydrogen (secondary N) is 3. The number of imidazole rings is 1. The summed E-state index contributed by atoms with van der Waals surface area (Å²) in [5.41, 5.74) is 6.66. The van der Waals surface area contributed by atoms with E-state index in [0.717, 1.165) is 29.5 Å². The number of halogens is 1. The number of benzene rings is 1. The van der Waals surface area contributed by atoms with E-state index < -0.39 is 0 Å². The Bertz CT molecular complexity index is 1890. The van der Waals surface area contributed by atoms with Gasteiger partial charge >= 0.3 is 0 Å². The summed E-state index contributed by atoms with van der Waals surface area (Å²) >= 11 is 0. The molecule has 204 valence electrons. The summed E-state index contributed by atoms with van der Waals surface area (Å²) in [6, 6.07) is 13.9. The van der Waals surface area contributed by atoms with Gasteiger partial charge in [-0.05, 0) is 60.7 Å². The second kappa shape index (κ2) is 10.5. The first-order chi connectivity index (χ1) is 20.1. The first-order valence-electron chi connectivity index (χ1n) is 13.8. The number of rotatable bonds is 6. The Kier molecular flexibility index (Phi) is 6.42. The van der Waals surface area contributed by atoms with Gasteiger partial charge in [0.05, 0.1) is 23.1 Å². The molecule has 5 heterocycles. The lowest BCUT2D eigenvalue weighted by atomic mass is 9.87. The van der Waals surface area contributed by atoms with Crippen LogP contribution in [-0.4, -0.2) is 41.0 Å². The Hall–Kier alpha value is -4.99. The molecule has 0 radical (unpaired) electrons. The van der Waals surface area contributed by atoms with E-state index in [0.29, 0.717) is 57.5 Å². The lowest BCUT2D eigenvalue weighted by Crippen LogP contribution is -2.18. The Morgan fingerprint density at radius 2 is 1.88 bits per heavy atom. The van der Waals surface area contributed by atoms with Crippen molar-refractivity contribution in [1.82, 2.24) is 35.1 Å². The largest absolute Gasteiger partial charge is 0.325 e. The number of nitrogens with zero attached hydrogens (tertiary/aromatic N) is 5. The second-order valence-corrected chi connectivity index (χ2v) is 10.5. The number of carbonyl (C=O) groups excluding carboxylic acids is 1. The molecule has 9 nitrogen and oxygen atoms in total. The third-order valence-corrected chi connectivity index (χ3v) is 7.67. The second-order valence-electron chi connectivity index (χ2n) is 10.5. The number of aromatic nitrogens is 7. The Morgan fingerprint density at radius 3 is 2.76 bits per heavy atom. The fraction of sp³-hybridized carbons (Fsp3) is 0.226. The predicted octanol–water partition coefficient (Wildman–Crippen LogP) is 6.67. The van der Waals surface area contributed by atoms with Gasteiger partial charge in [0.1, 0.15) is 16.9 Å². The Morgan fingerprint density at radius 1 is 0.976 bits per heavy atom. The molecule has 0 spiro atoms. The number of anilines is 1. The minimum atomic E-state index is -0.319. The molecule has 1 aliphatic rings. The normalized spacial score (nSPS) is 14.1. The number of carbonyl (C=O) groups is 1. The van der Waals surface area contributed by atoms with Crippen LogP contribution in [0.2, 0.25) is 0 Å². The molecule has 0 bridgehead atoms. The molecule has 0 unspecified atom stereocenters. The SMILES string of the molecule is O=C(CC1CCCCC1)Nc1cncc(-c2ccc3[nH]nc(-c4nc5c(-c6cccc(F)c6)ccnc5[nH]4)c3n2)c1. The highest BCUT2D eigenvalue weighted by molar-refractivity contribution is 5.95. The molecule has 1 amide bonds. The molecule has 7 rings (SSSR count). The fourth-order valence-electron chi connectivity index (χ4n) is 5.65. The van der Waals surface area contributed by atoms with Gasteiger partial charge in [0.25, 0.3) is 0 Å². The zero-order valence-corrected chi connectivity index (χ0v) is 22.2. The van der Waals surface area contributed by atoms with Crippen molar-refractivity contribution in [3.63, 3.8) is 0 Å². The van der Waals surface area contributed by atoms with Crippen molar-refractivity contribution in [2.24, 2.45) is 5.92 Å². The van der Waals surface area contributed by atoms with E-state index in [-0.39, 0.29) is 11.7 Å². The van der Waals surface area contributed by atoms with Gasteiger partial charge in [-0.25, -0.2) is 19.3 Å². The molecule has 41 heavy (non-hydrogen) atoms. The third kappa shape index (κ3) is 5.04. The first kappa shape index (κ1) is 25.0. The predicted molar refractivity (Wildman–Crippen MR) is 155 cm³/mol. The molecule has 6 aromatic rings. The molecule has 3 N–H and O–H groups in total. The van der Waals surface area contributed by atoms with Crippen molar-refractivity contribution in [2.75, 3.05) is 5.32 Å². The van der Waals surface area contributed by atoms with E-state index >= 15 is 0 Å². The molecular weight excluding hydrogens is 519 g/mol. The van der Waals surface area contributed by atoms with Gasteiger partial charge in [-0.2, -0.15) is 5.10 Å². The fourth-order valence-corrected chi connectivity index (χ4v) is 5.65. The van der Waals surface area contributed by atoms with Crippen LogP contribution in [0.5, 0.6) is 0 Å². The molecule has 0 aliphatic heterocycles. The minimum absolute atomic E-state index is 0.0208. The molecule has 0 saturated heterocycles. The van der Waals surface area contributed by atoms with Crippen LogP contribution in [-0.2, 0) is 4.79 Å². The van der Waals surface area contributed by atoms with Crippen molar-refractivity contribution in [2.45, 2.75) is 38.5 Å². The highest BCUT2D eigenvalue weighted by atomic mass is 19.1. The zero-order chi connectivity index (χ0) is 27.8. The zero-order valence-electron chi connectivity index (χ0n) is 22.2. The minimum Gasteiger partial charge on any atom is -0.325 e. The number of hydrogen-bond acceptors (Lipinski definition) is 6. The van der Waals surface area contributed by atoms with Gasteiger partial charge < -0.3 is 10.3 Å². The van der Waals surface area contributed by atoms with Gasteiger partial charge in [-0.15, -0.1) is 0 Å². The maximum absolute atomic E-state index is 13.9. The summed E-state index contributed by atoms with van der Waals surface area (Å²) in [7, 11) is 0. The summed E-state index contributed by atoms with van der Waals surface area (Å²) in [6.07, 6.45) is 11.5. The standard InChI is InChI=1S/C31H27FN8O/c32-21-8-4-7-19(14-21)23-11-12-34-30-27(23)37-31(38-30)29-28-25(39-40-29)10-9-24(36-28)20-15-22(17-33-16-20)35-26(41)13-18-5-2-1-3-6-18/h4,7-12,14-18H,1-3,5-6,13H2,(H,35,41)(H,39,40)(H,34,37,38). The topological polar surface area (TPSA) is 125 Å². The van der Waals surface area contributed by atoms with Crippen LogP contribution in [0.3, 0.4) is 0 Å². The van der Waals surface area contributed by atoms with Crippen LogP contribution < -0.4 is 5.32 Å². The smallest absolute Gasteiger partial charge is 0.224 e.